The summed E-state index contributed by atoms with van der Waals surface area (Å²) in [5, 5.41) is 8.46. The van der Waals surface area contributed by atoms with Crippen molar-refractivity contribution in [2.75, 3.05) is 6.61 Å². The zero-order chi connectivity index (χ0) is 10.5. The van der Waals surface area contributed by atoms with Gasteiger partial charge >= 0.3 is 12.1 Å². The van der Waals surface area contributed by atoms with Crippen molar-refractivity contribution < 1.29 is 24.2 Å². The number of carboxylic acids is 1. The number of carbonyl (C=O) groups is 2. The van der Waals surface area contributed by atoms with Crippen molar-refractivity contribution in [2.24, 2.45) is 0 Å². The fourth-order valence-electron chi connectivity index (χ4n) is 0.773. The number of rotatable bonds is 4. The van der Waals surface area contributed by atoms with Crippen molar-refractivity contribution in [3.63, 3.8) is 0 Å². The van der Waals surface area contributed by atoms with E-state index in [1.165, 1.54) is 13.8 Å². The van der Waals surface area contributed by atoms with Crippen molar-refractivity contribution in [3.05, 3.63) is 0 Å². The Labute approximate surface area is 76.6 Å². The van der Waals surface area contributed by atoms with Gasteiger partial charge in [0.1, 0.15) is 5.60 Å². The van der Waals surface area contributed by atoms with Gasteiger partial charge < -0.3 is 14.6 Å². The van der Waals surface area contributed by atoms with Gasteiger partial charge in [0.25, 0.3) is 0 Å². The van der Waals surface area contributed by atoms with Gasteiger partial charge in [0, 0.05) is 0 Å². The fraction of sp³-hybridized carbons (Fsp3) is 0.750. The molecule has 5 heteroatoms. The lowest BCUT2D eigenvalue weighted by Gasteiger charge is -2.21. The Morgan fingerprint density at radius 2 is 1.92 bits per heavy atom. The van der Waals surface area contributed by atoms with E-state index in [2.05, 4.69) is 4.74 Å². The third-order valence-electron chi connectivity index (χ3n) is 1.20. The summed E-state index contributed by atoms with van der Waals surface area (Å²) < 4.78 is 9.25. The van der Waals surface area contributed by atoms with Gasteiger partial charge in [-0.05, 0) is 20.8 Å². The maximum atomic E-state index is 10.8. The minimum Gasteiger partial charge on any atom is -0.481 e. The zero-order valence-corrected chi connectivity index (χ0v) is 7.99. The van der Waals surface area contributed by atoms with Crippen molar-refractivity contribution >= 4 is 12.1 Å². The van der Waals surface area contributed by atoms with Crippen LogP contribution < -0.4 is 0 Å². The molecule has 0 rings (SSSR count). The lowest BCUT2D eigenvalue weighted by Crippen LogP contribution is -2.31. The average Bonchev–Trinajstić information content (AvgIpc) is 1.81. The van der Waals surface area contributed by atoms with Gasteiger partial charge in [0.05, 0.1) is 13.0 Å². The van der Waals surface area contributed by atoms with Gasteiger partial charge in [0.2, 0.25) is 0 Å². The van der Waals surface area contributed by atoms with Crippen LogP contribution in [0.1, 0.15) is 27.2 Å². The zero-order valence-electron chi connectivity index (χ0n) is 7.99. The van der Waals surface area contributed by atoms with Gasteiger partial charge in [-0.2, -0.15) is 0 Å². The van der Waals surface area contributed by atoms with Gasteiger partial charge in [0.15, 0.2) is 0 Å². The van der Waals surface area contributed by atoms with Crippen molar-refractivity contribution in [1.82, 2.24) is 0 Å². The number of carbonyl (C=O) groups excluding carboxylic acids is 1. The smallest absolute Gasteiger partial charge is 0.481 e. The summed E-state index contributed by atoms with van der Waals surface area (Å²) in [7, 11) is 0. The predicted octanol–water partition coefficient (Wildman–Crippen LogP) is 1.41. The first-order valence-electron chi connectivity index (χ1n) is 3.95. The molecule has 0 aromatic rings. The molecule has 1 N–H and O–H groups in total. The maximum absolute atomic E-state index is 10.8. The highest BCUT2D eigenvalue weighted by atomic mass is 16.7. The molecule has 0 heterocycles. The SMILES string of the molecule is CCOC(=O)OC(C)(C)CC(=O)O. The topological polar surface area (TPSA) is 72.8 Å². The second kappa shape index (κ2) is 4.69. The summed E-state index contributed by atoms with van der Waals surface area (Å²) in [5.41, 5.74) is -1.03. The summed E-state index contributed by atoms with van der Waals surface area (Å²) in [6.07, 6.45) is -1.08. The molecular weight excluding hydrogens is 176 g/mol. The third-order valence-corrected chi connectivity index (χ3v) is 1.20. The maximum Gasteiger partial charge on any atom is 0.508 e. The molecule has 0 amide bonds. The summed E-state index contributed by atoms with van der Waals surface area (Å²) in [4.78, 5) is 21.1. The lowest BCUT2D eigenvalue weighted by molar-refractivity contribution is -0.142. The molecule has 0 aliphatic carbocycles. The largest absolute Gasteiger partial charge is 0.508 e. The summed E-state index contributed by atoms with van der Waals surface area (Å²) in [5.74, 6) is -1.02. The highest BCUT2D eigenvalue weighted by molar-refractivity contribution is 5.69. The van der Waals surface area contributed by atoms with Crippen LogP contribution in [-0.2, 0) is 14.3 Å². The Morgan fingerprint density at radius 3 is 2.31 bits per heavy atom. The summed E-state index contributed by atoms with van der Waals surface area (Å²) in [6, 6.07) is 0. The molecule has 0 spiro atoms. The monoisotopic (exact) mass is 190 g/mol. The Hall–Kier alpha value is -1.26. The molecule has 0 aliphatic heterocycles. The molecule has 0 aliphatic rings. The Morgan fingerprint density at radius 1 is 1.38 bits per heavy atom. The molecule has 0 fully saturated rings. The van der Waals surface area contributed by atoms with E-state index in [1.54, 1.807) is 6.92 Å². The molecule has 0 bridgehead atoms. The second-order valence-electron chi connectivity index (χ2n) is 3.12. The fourth-order valence-corrected chi connectivity index (χ4v) is 0.773. The third kappa shape index (κ3) is 5.95. The number of hydrogen-bond donors (Lipinski definition) is 1. The molecule has 76 valence electrons. The first-order valence-corrected chi connectivity index (χ1v) is 3.95. The molecule has 5 nitrogen and oxygen atoms in total. The molecule has 0 aromatic heterocycles. The van der Waals surface area contributed by atoms with E-state index < -0.39 is 17.7 Å². The van der Waals surface area contributed by atoms with Crippen LogP contribution in [0.5, 0.6) is 0 Å². The van der Waals surface area contributed by atoms with Crippen LogP contribution in [0.25, 0.3) is 0 Å². The quantitative estimate of drug-likeness (QED) is 0.678. The van der Waals surface area contributed by atoms with Crippen LogP contribution in [-0.4, -0.2) is 29.4 Å². The normalized spacial score (nSPS) is 10.7. The summed E-state index contributed by atoms with van der Waals surface area (Å²) in [6.45, 7) is 4.88. The number of carboxylic acid groups (broad SMARTS) is 1. The van der Waals surface area contributed by atoms with Gasteiger partial charge in [-0.3, -0.25) is 4.79 Å². The van der Waals surface area contributed by atoms with Crippen molar-refractivity contribution in [2.45, 2.75) is 32.8 Å². The van der Waals surface area contributed by atoms with Gasteiger partial charge in [-0.25, -0.2) is 4.79 Å². The Kier molecular flexibility index (Phi) is 4.23. The molecule has 0 saturated heterocycles. The molecule has 0 saturated carbocycles. The van der Waals surface area contributed by atoms with Crippen molar-refractivity contribution in [1.29, 1.82) is 0 Å². The Balaban J connectivity index is 4.00. The first-order chi connectivity index (χ1) is 5.87. The van der Waals surface area contributed by atoms with E-state index >= 15 is 0 Å². The van der Waals surface area contributed by atoms with Crippen LogP contribution in [0.15, 0.2) is 0 Å². The molecule has 0 unspecified atom stereocenters. The molecule has 0 radical (unpaired) electrons. The number of ether oxygens (including phenoxy) is 2. The molecule has 13 heavy (non-hydrogen) atoms. The van der Waals surface area contributed by atoms with Crippen LogP contribution in [0.3, 0.4) is 0 Å². The standard InChI is InChI=1S/C8H14O5/c1-4-12-7(11)13-8(2,3)5-6(9)10/h4-5H2,1-3H3,(H,9,10). The minimum atomic E-state index is -1.03. The van der Waals surface area contributed by atoms with Crippen LogP contribution in [0.2, 0.25) is 0 Å². The Bertz CT molecular complexity index is 197. The first kappa shape index (κ1) is 11.7. The van der Waals surface area contributed by atoms with E-state index in [4.69, 9.17) is 9.84 Å². The molecule has 0 atom stereocenters. The molecule has 0 aromatic carbocycles. The number of aliphatic carboxylic acids is 1. The van der Waals surface area contributed by atoms with Crippen LogP contribution in [0, 0.1) is 0 Å². The van der Waals surface area contributed by atoms with E-state index in [0.717, 1.165) is 0 Å². The average molecular weight is 190 g/mol. The summed E-state index contributed by atoms with van der Waals surface area (Å²) >= 11 is 0. The highest BCUT2D eigenvalue weighted by Crippen LogP contribution is 2.15. The second-order valence-corrected chi connectivity index (χ2v) is 3.12. The molecular formula is C8H14O5. The minimum absolute atomic E-state index is 0.210. The van der Waals surface area contributed by atoms with Gasteiger partial charge in [-0.1, -0.05) is 0 Å². The van der Waals surface area contributed by atoms with Crippen molar-refractivity contribution in [3.8, 4) is 0 Å². The van der Waals surface area contributed by atoms with E-state index in [9.17, 15) is 9.59 Å². The van der Waals surface area contributed by atoms with Crippen LogP contribution >= 0.6 is 0 Å². The van der Waals surface area contributed by atoms with Gasteiger partial charge in [-0.15, -0.1) is 0 Å². The predicted molar refractivity (Wildman–Crippen MR) is 44.4 cm³/mol. The highest BCUT2D eigenvalue weighted by Gasteiger charge is 2.26. The van der Waals surface area contributed by atoms with E-state index in [0.29, 0.717) is 0 Å². The van der Waals surface area contributed by atoms with E-state index in [-0.39, 0.29) is 13.0 Å². The lowest BCUT2D eigenvalue weighted by atomic mass is 10.1. The van der Waals surface area contributed by atoms with Crippen LogP contribution in [0.4, 0.5) is 4.79 Å². The number of hydrogen-bond acceptors (Lipinski definition) is 4. The van der Waals surface area contributed by atoms with E-state index in [1.807, 2.05) is 0 Å².